The van der Waals surface area contributed by atoms with Gasteiger partial charge in [0, 0.05) is 24.3 Å². The van der Waals surface area contributed by atoms with Crippen LogP contribution >= 0.6 is 0 Å². The van der Waals surface area contributed by atoms with E-state index in [1.807, 2.05) is 26.0 Å². The number of carbonyl (C=O) groups is 1. The summed E-state index contributed by atoms with van der Waals surface area (Å²) in [6.45, 7) is 3.62. The quantitative estimate of drug-likeness (QED) is 0.731. The lowest BCUT2D eigenvalue weighted by Crippen LogP contribution is -2.33. The Morgan fingerprint density at radius 3 is 2.17 bits per heavy atom. The first-order chi connectivity index (χ1) is 13.8. The van der Waals surface area contributed by atoms with E-state index in [2.05, 4.69) is 5.32 Å². The van der Waals surface area contributed by atoms with Crippen molar-refractivity contribution in [3.8, 4) is 5.75 Å². The molecule has 1 N–H and O–H groups in total. The van der Waals surface area contributed by atoms with Crippen molar-refractivity contribution < 1.29 is 17.9 Å². The number of hydrogen-bond donors (Lipinski definition) is 1. The molecule has 1 fully saturated rings. The van der Waals surface area contributed by atoms with E-state index in [1.54, 1.807) is 19.2 Å². The zero-order valence-corrected chi connectivity index (χ0v) is 17.9. The van der Waals surface area contributed by atoms with Crippen molar-refractivity contribution in [3.63, 3.8) is 0 Å². The summed E-state index contributed by atoms with van der Waals surface area (Å²) in [6, 6.07) is 13.1. The molecule has 2 aromatic carbocycles. The van der Waals surface area contributed by atoms with E-state index in [0.29, 0.717) is 17.4 Å². The number of carbonyl (C=O) groups excluding carboxylic acids is 1. The topological polar surface area (TPSA) is 75.7 Å². The Hall–Kier alpha value is -2.38. The Balaban J connectivity index is 1.63. The molecule has 0 heterocycles. The molecule has 3 rings (SSSR count). The van der Waals surface area contributed by atoms with Gasteiger partial charge >= 0.3 is 0 Å². The average molecular weight is 417 g/mol. The number of rotatable bonds is 7. The molecule has 1 saturated carbocycles. The van der Waals surface area contributed by atoms with Gasteiger partial charge in [-0.1, -0.05) is 0 Å². The molecule has 0 aromatic heterocycles. The lowest BCUT2D eigenvalue weighted by molar-refractivity contribution is 0.102. The predicted octanol–water partition coefficient (Wildman–Crippen LogP) is 4.29. The Bertz CT molecular complexity index is 932. The van der Waals surface area contributed by atoms with Gasteiger partial charge in [0.2, 0.25) is 10.0 Å². The van der Waals surface area contributed by atoms with Crippen LogP contribution in [0.4, 0.5) is 5.69 Å². The molecule has 1 aliphatic carbocycles. The highest BCUT2D eigenvalue weighted by molar-refractivity contribution is 7.89. The lowest BCUT2D eigenvalue weighted by Gasteiger charge is -2.21. The fourth-order valence-electron chi connectivity index (χ4n) is 3.24. The molecule has 29 heavy (non-hydrogen) atoms. The normalized spacial score (nSPS) is 15.1. The molecule has 0 bridgehead atoms. The molecular weight excluding hydrogens is 388 g/mol. The highest BCUT2D eigenvalue weighted by Crippen LogP contribution is 2.25. The molecule has 0 aliphatic heterocycles. The summed E-state index contributed by atoms with van der Waals surface area (Å²) in [5, 5.41) is 2.82. The van der Waals surface area contributed by atoms with Crippen molar-refractivity contribution in [2.75, 3.05) is 12.4 Å². The van der Waals surface area contributed by atoms with E-state index in [0.717, 1.165) is 18.6 Å². The van der Waals surface area contributed by atoms with Crippen molar-refractivity contribution in [1.29, 1.82) is 0 Å². The first-order valence-electron chi connectivity index (χ1n) is 9.93. The number of anilines is 1. The van der Waals surface area contributed by atoms with Crippen molar-refractivity contribution in [3.05, 3.63) is 54.1 Å². The van der Waals surface area contributed by atoms with Crippen molar-refractivity contribution >= 4 is 21.6 Å². The van der Waals surface area contributed by atoms with Crippen molar-refractivity contribution in [1.82, 2.24) is 4.31 Å². The molecule has 0 saturated heterocycles. The first kappa shape index (κ1) is 21.3. The fourth-order valence-corrected chi connectivity index (χ4v) is 4.61. The van der Waals surface area contributed by atoms with Crippen LogP contribution in [0, 0.1) is 0 Å². The van der Waals surface area contributed by atoms with Crippen LogP contribution in [0.5, 0.6) is 5.75 Å². The molecule has 2 aromatic rings. The number of nitrogens with zero attached hydrogens (tertiary/aromatic N) is 1. The van der Waals surface area contributed by atoms with Gasteiger partial charge in [-0.25, -0.2) is 8.42 Å². The predicted molar refractivity (Wildman–Crippen MR) is 114 cm³/mol. The van der Waals surface area contributed by atoms with E-state index in [1.165, 1.54) is 41.4 Å². The second-order valence-electron chi connectivity index (χ2n) is 7.64. The minimum atomic E-state index is -3.57. The molecule has 0 atom stereocenters. The average Bonchev–Trinajstić information content (AvgIpc) is 3.22. The third-order valence-corrected chi connectivity index (χ3v) is 7.29. The van der Waals surface area contributed by atoms with Gasteiger partial charge in [-0.3, -0.25) is 4.79 Å². The van der Waals surface area contributed by atoms with Crippen LogP contribution in [0.3, 0.4) is 0 Å². The van der Waals surface area contributed by atoms with Gasteiger partial charge in [0.1, 0.15) is 5.75 Å². The van der Waals surface area contributed by atoms with Gasteiger partial charge in [0.15, 0.2) is 0 Å². The number of sulfonamides is 1. The third-order valence-electron chi connectivity index (χ3n) is 5.24. The zero-order chi connectivity index (χ0) is 21.0. The maximum absolute atomic E-state index is 12.5. The lowest BCUT2D eigenvalue weighted by atomic mass is 10.2. The second-order valence-corrected chi connectivity index (χ2v) is 9.64. The number of benzene rings is 2. The summed E-state index contributed by atoms with van der Waals surface area (Å²) in [6.07, 6.45) is 4.91. The van der Waals surface area contributed by atoms with Crippen molar-refractivity contribution in [2.45, 2.75) is 56.6 Å². The van der Waals surface area contributed by atoms with E-state index in [9.17, 15) is 13.2 Å². The largest absolute Gasteiger partial charge is 0.490 e. The second kappa shape index (κ2) is 8.97. The van der Waals surface area contributed by atoms with E-state index in [-0.39, 0.29) is 16.8 Å². The summed E-state index contributed by atoms with van der Waals surface area (Å²) < 4.78 is 32.3. The minimum absolute atomic E-state index is 0.149. The Kier molecular flexibility index (Phi) is 6.59. The van der Waals surface area contributed by atoms with E-state index in [4.69, 9.17) is 4.74 Å². The Morgan fingerprint density at radius 1 is 1.03 bits per heavy atom. The van der Waals surface area contributed by atoms with Crippen LogP contribution in [0.15, 0.2) is 53.4 Å². The van der Waals surface area contributed by atoms with Crippen LogP contribution in [0.1, 0.15) is 49.9 Å². The molecule has 1 amide bonds. The minimum Gasteiger partial charge on any atom is -0.490 e. The molecule has 6 nitrogen and oxygen atoms in total. The van der Waals surface area contributed by atoms with Gasteiger partial charge < -0.3 is 10.1 Å². The van der Waals surface area contributed by atoms with Gasteiger partial charge in [-0.2, -0.15) is 4.31 Å². The number of amides is 1. The monoisotopic (exact) mass is 416 g/mol. The smallest absolute Gasteiger partial charge is 0.255 e. The standard InChI is InChI=1S/C22H28N2O4S/c1-16(2)24(3)29(26,27)21-14-8-17(9-15-21)22(25)23-18-10-12-20(13-11-18)28-19-6-4-5-7-19/h8-16,19H,4-7H2,1-3H3,(H,23,25). The summed E-state index contributed by atoms with van der Waals surface area (Å²) in [7, 11) is -2.02. The molecule has 156 valence electrons. The van der Waals surface area contributed by atoms with Crippen LogP contribution in [-0.4, -0.2) is 37.8 Å². The van der Waals surface area contributed by atoms with Crippen molar-refractivity contribution in [2.24, 2.45) is 0 Å². The number of ether oxygens (including phenoxy) is 1. The van der Waals surface area contributed by atoms with Gasteiger partial charge in [0.25, 0.3) is 5.91 Å². The third kappa shape index (κ3) is 5.16. The highest BCUT2D eigenvalue weighted by atomic mass is 32.2. The van der Waals surface area contributed by atoms with Gasteiger partial charge in [0.05, 0.1) is 11.0 Å². The molecular formula is C22H28N2O4S. The van der Waals surface area contributed by atoms with Crippen LogP contribution in [-0.2, 0) is 10.0 Å². The summed E-state index contributed by atoms with van der Waals surface area (Å²) in [4.78, 5) is 12.6. The molecule has 0 radical (unpaired) electrons. The maximum atomic E-state index is 12.5. The summed E-state index contributed by atoms with van der Waals surface area (Å²) in [5.74, 6) is 0.509. The fraction of sp³-hybridized carbons (Fsp3) is 0.409. The number of nitrogens with one attached hydrogen (secondary N) is 1. The van der Waals surface area contributed by atoms with Crippen LogP contribution < -0.4 is 10.1 Å². The molecule has 0 unspecified atom stereocenters. The first-order valence-corrected chi connectivity index (χ1v) is 11.4. The highest BCUT2D eigenvalue weighted by Gasteiger charge is 2.23. The summed E-state index contributed by atoms with van der Waals surface area (Å²) in [5.41, 5.74) is 1.05. The SMILES string of the molecule is CC(C)N(C)S(=O)(=O)c1ccc(C(=O)Nc2ccc(OC3CCCC3)cc2)cc1. The van der Waals surface area contributed by atoms with Gasteiger partial charge in [-0.05, 0) is 88.1 Å². The zero-order valence-electron chi connectivity index (χ0n) is 17.1. The van der Waals surface area contributed by atoms with Gasteiger partial charge in [-0.15, -0.1) is 0 Å². The van der Waals surface area contributed by atoms with E-state index >= 15 is 0 Å². The molecule has 0 spiro atoms. The molecule has 7 heteroatoms. The van der Waals surface area contributed by atoms with Crippen LogP contribution in [0.2, 0.25) is 0 Å². The number of hydrogen-bond acceptors (Lipinski definition) is 4. The van der Waals surface area contributed by atoms with E-state index < -0.39 is 10.0 Å². The maximum Gasteiger partial charge on any atom is 0.255 e. The summed E-state index contributed by atoms with van der Waals surface area (Å²) >= 11 is 0. The Labute approximate surface area is 172 Å². The van der Waals surface area contributed by atoms with Crippen LogP contribution in [0.25, 0.3) is 0 Å². The molecule has 1 aliphatic rings. The Morgan fingerprint density at radius 2 is 1.62 bits per heavy atom.